The predicted octanol–water partition coefficient (Wildman–Crippen LogP) is 1.83. The number of unbranched alkanes of at least 4 members (excludes halogenated alkanes) is 2. The van der Waals surface area contributed by atoms with Gasteiger partial charge < -0.3 is 11.1 Å². The zero-order valence-electron chi connectivity index (χ0n) is 10.2. The van der Waals surface area contributed by atoms with E-state index in [1.807, 2.05) is 6.92 Å². The van der Waals surface area contributed by atoms with Crippen LogP contribution in [0.1, 0.15) is 38.3 Å². The van der Waals surface area contributed by atoms with Crippen LogP contribution < -0.4 is 11.1 Å². The number of anilines is 2. The number of hydrogen-bond donors (Lipinski definition) is 2. The molecule has 5 nitrogen and oxygen atoms in total. The van der Waals surface area contributed by atoms with Gasteiger partial charge in [-0.2, -0.15) is 5.10 Å². The molecule has 0 unspecified atom stereocenters. The molecule has 5 heteroatoms. The van der Waals surface area contributed by atoms with Gasteiger partial charge in [-0.05, 0) is 13.3 Å². The molecule has 0 atom stereocenters. The number of nitrogens with one attached hydrogen (secondary N) is 1. The van der Waals surface area contributed by atoms with Crippen molar-refractivity contribution in [2.45, 2.75) is 39.5 Å². The predicted molar refractivity (Wildman–Crippen MR) is 65.1 cm³/mol. The lowest BCUT2D eigenvalue weighted by Gasteiger charge is -2.06. The summed E-state index contributed by atoms with van der Waals surface area (Å²) in [5, 5.41) is 6.93. The summed E-state index contributed by atoms with van der Waals surface area (Å²) in [5.74, 6) is 0.599. The third-order valence-corrected chi connectivity index (χ3v) is 2.53. The molecule has 1 aromatic rings. The number of aryl methyl sites for hydroxylation is 2. The largest absolute Gasteiger partial charge is 0.394 e. The zero-order valence-corrected chi connectivity index (χ0v) is 10.2. The van der Waals surface area contributed by atoms with E-state index in [9.17, 15) is 4.79 Å². The number of nitrogens with zero attached hydrogens (tertiary/aromatic N) is 2. The van der Waals surface area contributed by atoms with E-state index in [0.717, 1.165) is 25.0 Å². The van der Waals surface area contributed by atoms with Crippen molar-refractivity contribution < 1.29 is 4.79 Å². The molecular formula is C11H20N4O. The van der Waals surface area contributed by atoms with Crippen molar-refractivity contribution in [2.75, 3.05) is 11.1 Å². The van der Waals surface area contributed by atoms with Crippen molar-refractivity contribution in [1.82, 2.24) is 9.78 Å². The van der Waals surface area contributed by atoms with Gasteiger partial charge in [0.15, 0.2) is 5.82 Å². The Balaban J connectivity index is 2.56. The third kappa shape index (κ3) is 2.98. The Morgan fingerprint density at radius 1 is 1.50 bits per heavy atom. The Morgan fingerprint density at radius 2 is 2.19 bits per heavy atom. The number of nitrogens with two attached hydrogens (primary N) is 1. The van der Waals surface area contributed by atoms with Crippen LogP contribution in [0.3, 0.4) is 0 Å². The minimum absolute atomic E-state index is 0.00292. The molecule has 1 heterocycles. The second kappa shape index (κ2) is 5.53. The monoisotopic (exact) mass is 224 g/mol. The van der Waals surface area contributed by atoms with E-state index in [-0.39, 0.29) is 5.91 Å². The van der Waals surface area contributed by atoms with Gasteiger partial charge in [0.05, 0.1) is 11.4 Å². The number of carbonyl (C=O) groups excluding carboxylic acids is 1. The Bertz CT molecular complexity index is 370. The number of hydrogen-bond acceptors (Lipinski definition) is 3. The van der Waals surface area contributed by atoms with Crippen LogP contribution in [0.5, 0.6) is 0 Å². The summed E-state index contributed by atoms with van der Waals surface area (Å²) in [4.78, 5) is 11.6. The van der Waals surface area contributed by atoms with Crippen molar-refractivity contribution in [3.8, 4) is 0 Å². The fourth-order valence-electron chi connectivity index (χ4n) is 1.55. The molecule has 1 amide bonds. The summed E-state index contributed by atoms with van der Waals surface area (Å²) >= 11 is 0. The van der Waals surface area contributed by atoms with Crippen LogP contribution in [0.25, 0.3) is 0 Å². The Morgan fingerprint density at radius 3 is 2.69 bits per heavy atom. The first-order chi connectivity index (χ1) is 7.56. The van der Waals surface area contributed by atoms with Gasteiger partial charge in [-0.1, -0.05) is 19.8 Å². The van der Waals surface area contributed by atoms with E-state index < -0.39 is 0 Å². The van der Waals surface area contributed by atoms with Crippen molar-refractivity contribution in [3.05, 3.63) is 5.69 Å². The fourth-order valence-corrected chi connectivity index (χ4v) is 1.55. The molecular weight excluding hydrogens is 204 g/mol. The maximum Gasteiger partial charge on any atom is 0.225 e. The van der Waals surface area contributed by atoms with E-state index >= 15 is 0 Å². The standard InChI is InChI=1S/C11H20N4O/c1-4-5-6-7-9(16)13-11-10(12)8(2)14-15(11)3/h4-7,12H2,1-3H3,(H,13,16). The van der Waals surface area contributed by atoms with E-state index in [1.54, 1.807) is 11.7 Å². The van der Waals surface area contributed by atoms with Crippen LogP contribution in [-0.2, 0) is 11.8 Å². The van der Waals surface area contributed by atoms with Gasteiger partial charge in [-0.3, -0.25) is 9.48 Å². The van der Waals surface area contributed by atoms with Gasteiger partial charge >= 0.3 is 0 Å². The molecule has 0 fully saturated rings. The average Bonchev–Trinajstić information content (AvgIpc) is 2.46. The molecule has 1 aromatic heterocycles. The van der Waals surface area contributed by atoms with Crippen LogP contribution in [0.2, 0.25) is 0 Å². The van der Waals surface area contributed by atoms with Gasteiger partial charge in [0, 0.05) is 13.5 Å². The van der Waals surface area contributed by atoms with Crippen molar-refractivity contribution in [2.24, 2.45) is 7.05 Å². The van der Waals surface area contributed by atoms with Gasteiger partial charge in [0.25, 0.3) is 0 Å². The summed E-state index contributed by atoms with van der Waals surface area (Å²) in [7, 11) is 1.77. The molecule has 3 N–H and O–H groups in total. The minimum atomic E-state index is 0.00292. The second-order valence-corrected chi connectivity index (χ2v) is 3.98. The first kappa shape index (κ1) is 12.5. The first-order valence-electron chi connectivity index (χ1n) is 5.65. The lowest BCUT2D eigenvalue weighted by atomic mass is 10.2. The van der Waals surface area contributed by atoms with Crippen LogP contribution >= 0.6 is 0 Å². The van der Waals surface area contributed by atoms with E-state index in [2.05, 4.69) is 17.3 Å². The molecule has 0 bridgehead atoms. The summed E-state index contributed by atoms with van der Waals surface area (Å²) in [6, 6.07) is 0. The van der Waals surface area contributed by atoms with Crippen LogP contribution in [-0.4, -0.2) is 15.7 Å². The van der Waals surface area contributed by atoms with E-state index in [0.29, 0.717) is 17.9 Å². The number of aromatic nitrogens is 2. The van der Waals surface area contributed by atoms with Crippen molar-refractivity contribution in [3.63, 3.8) is 0 Å². The molecule has 0 aromatic carbocycles. The van der Waals surface area contributed by atoms with Crippen LogP contribution in [0, 0.1) is 6.92 Å². The van der Waals surface area contributed by atoms with Crippen LogP contribution in [0.4, 0.5) is 11.5 Å². The number of nitrogen functional groups attached to an aromatic ring is 1. The molecule has 0 aliphatic rings. The Hall–Kier alpha value is -1.52. The maximum atomic E-state index is 11.6. The number of carbonyl (C=O) groups is 1. The lowest BCUT2D eigenvalue weighted by molar-refractivity contribution is -0.116. The average molecular weight is 224 g/mol. The zero-order chi connectivity index (χ0) is 12.1. The first-order valence-corrected chi connectivity index (χ1v) is 5.65. The normalized spacial score (nSPS) is 10.4. The summed E-state index contributed by atoms with van der Waals surface area (Å²) in [6.45, 7) is 3.93. The molecule has 90 valence electrons. The van der Waals surface area contributed by atoms with Gasteiger partial charge in [0.2, 0.25) is 5.91 Å². The fraction of sp³-hybridized carbons (Fsp3) is 0.636. The summed E-state index contributed by atoms with van der Waals surface area (Å²) < 4.78 is 1.60. The molecule has 0 aliphatic heterocycles. The topological polar surface area (TPSA) is 72.9 Å². The highest BCUT2D eigenvalue weighted by atomic mass is 16.1. The number of amides is 1. The highest BCUT2D eigenvalue weighted by Gasteiger charge is 2.12. The van der Waals surface area contributed by atoms with E-state index in [4.69, 9.17) is 5.73 Å². The van der Waals surface area contributed by atoms with Crippen LogP contribution in [0.15, 0.2) is 0 Å². The SMILES string of the molecule is CCCCCC(=O)Nc1c(N)c(C)nn1C. The quantitative estimate of drug-likeness (QED) is 0.749. The molecule has 1 rings (SSSR count). The van der Waals surface area contributed by atoms with Crippen molar-refractivity contribution >= 4 is 17.4 Å². The molecule has 0 spiro atoms. The highest BCUT2D eigenvalue weighted by molar-refractivity contribution is 5.92. The second-order valence-electron chi connectivity index (χ2n) is 3.98. The van der Waals surface area contributed by atoms with E-state index in [1.165, 1.54) is 0 Å². The molecule has 0 saturated carbocycles. The molecule has 0 radical (unpaired) electrons. The van der Waals surface area contributed by atoms with Gasteiger partial charge in [-0.15, -0.1) is 0 Å². The van der Waals surface area contributed by atoms with Gasteiger partial charge in [0.1, 0.15) is 0 Å². The molecule has 16 heavy (non-hydrogen) atoms. The minimum Gasteiger partial charge on any atom is -0.394 e. The third-order valence-electron chi connectivity index (χ3n) is 2.53. The summed E-state index contributed by atoms with van der Waals surface area (Å²) in [5.41, 5.74) is 7.10. The Labute approximate surface area is 96.0 Å². The highest BCUT2D eigenvalue weighted by Crippen LogP contribution is 2.21. The number of rotatable bonds is 5. The molecule has 0 aliphatic carbocycles. The Kier molecular flexibility index (Phi) is 4.34. The molecule has 0 saturated heterocycles. The van der Waals surface area contributed by atoms with Gasteiger partial charge in [-0.25, -0.2) is 0 Å². The lowest BCUT2D eigenvalue weighted by Crippen LogP contribution is -2.15. The maximum absolute atomic E-state index is 11.6. The summed E-state index contributed by atoms with van der Waals surface area (Å²) in [6.07, 6.45) is 3.64. The smallest absolute Gasteiger partial charge is 0.225 e. The van der Waals surface area contributed by atoms with Crippen molar-refractivity contribution in [1.29, 1.82) is 0 Å².